The van der Waals surface area contributed by atoms with Crippen LogP contribution in [0.25, 0.3) is 10.7 Å². The van der Waals surface area contributed by atoms with Crippen molar-refractivity contribution < 1.29 is 9.53 Å². The fraction of sp³-hybridized carbons (Fsp3) is 0.381. The molecular weight excluding hydrogens is 404 g/mol. The van der Waals surface area contributed by atoms with E-state index in [-0.39, 0.29) is 5.91 Å². The Balaban J connectivity index is 1.45. The molecule has 2 heterocycles. The van der Waals surface area contributed by atoms with E-state index in [9.17, 15) is 4.79 Å². The summed E-state index contributed by atoms with van der Waals surface area (Å²) >= 11 is 3.14. The Morgan fingerprint density at radius 1 is 1.24 bits per heavy atom. The number of rotatable bonds is 10. The number of nitrogens with zero attached hydrogens (tertiary/aromatic N) is 4. The summed E-state index contributed by atoms with van der Waals surface area (Å²) in [5.41, 5.74) is 1.11. The summed E-state index contributed by atoms with van der Waals surface area (Å²) < 4.78 is 7.41. The number of amides is 1. The van der Waals surface area contributed by atoms with Crippen LogP contribution in [0, 0.1) is 0 Å². The molecule has 0 atom stereocenters. The minimum Gasteiger partial charge on any atom is -0.383 e. The van der Waals surface area contributed by atoms with Crippen LogP contribution in [0.4, 0.5) is 0 Å². The van der Waals surface area contributed by atoms with Gasteiger partial charge in [0.2, 0.25) is 5.91 Å². The Kier molecular flexibility index (Phi) is 6.63. The summed E-state index contributed by atoms with van der Waals surface area (Å²) in [5, 5.41) is 11.7. The molecule has 0 unspecified atom stereocenters. The van der Waals surface area contributed by atoms with Gasteiger partial charge in [-0.1, -0.05) is 48.2 Å². The molecule has 1 amide bonds. The lowest BCUT2D eigenvalue weighted by molar-refractivity contribution is -0.129. The average Bonchev–Trinajstić information content (AvgIpc) is 3.26. The van der Waals surface area contributed by atoms with Crippen LogP contribution in [0.5, 0.6) is 0 Å². The summed E-state index contributed by atoms with van der Waals surface area (Å²) in [7, 11) is 1.66. The zero-order chi connectivity index (χ0) is 20.1. The number of methoxy groups -OCH3 is 1. The third-order valence-corrected chi connectivity index (χ3v) is 6.57. The standard InChI is InChI=1S/C21H24N4O2S2/c1-27-12-11-24(14-16-6-3-2-4-7-16)19(26)15-29-21-23-22-20(18-8-5-13-28-18)25(21)17-9-10-17/h2-8,13,17H,9-12,14-15H2,1H3. The highest BCUT2D eigenvalue weighted by Crippen LogP contribution is 2.41. The summed E-state index contributed by atoms with van der Waals surface area (Å²) in [6, 6.07) is 14.6. The van der Waals surface area contributed by atoms with Crippen molar-refractivity contribution in [3.63, 3.8) is 0 Å². The van der Waals surface area contributed by atoms with Crippen molar-refractivity contribution in [3.05, 3.63) is 53.4 Å². The molecule has 2 aromatic heterocycles. The molecule has 1 fully saturated rings. The van der Waals surface area contributed by atoms with Gasteiger partial charge in [0.05, 0.1) is 17.2 Å². The smallest absolute Gasteiger partial charge is 0.233 e. The predicted molar refractivity (Wildman–Crippen MR) is 116 cm³/mol. The van der Waals surface area contributed by atoms with E-state index in [1.807, 2.05) is 41.3 Å². The quantitative estimate of drug-likeness (QED) is 0.455. The number of ether oxygens (including phenoxy) is 1. The van der Waals surface area contributed by atoms with Gasteiger partial charge in [0, 0.05) is 26.2 Å². The molecule has 1 aromatic carbocycles. The summed E-state index contributed by atoms with van der Waals surface area (Å²) in [6.07, 6.45) is 2.29. The lowest BCUT2D eigenvalue weighted by Crippen LogP contribution is -2.34. The van der Waals surface area contributed by atoms with Crippen LogP contribution in [-0.2, 0) is 16.1 Å². The van der Waals surface area contributed by atoms with Crippen LogP contribution in [0.15, 0.2) is 53.0 Å². The van der Waals surface area contributed by atoms with Gasteiger partial charge >= 0.3 is 0 Å². The van der Waals surface area contributed by atoms with E-state index in [1.54, 1.807) is 18.4 Å². The van der Waals surface area contributed by atoms with Crippen molar-refractivity contribution in [3.8, 4) is 10.7 Å². The molecule has 8 heteroatoms. The zero-order valence-corrected chi connectivity index (χ0v) is 18.0. The van der Waals surface area contributed by atoms with Gasteiger partial charge in [-0.3, -0.25) is 9.36 Å². The molecule has 0 radical (unpaired) electrons. The van der Waals surface area contributed by atoms with Gasteiger partial charge in [-0.2, -0.15) is 0 Å². The largest absolute Gasteiger partial charge is 0.383 e. The number of carbonyl (C=O) groups is 1. The van der Waals surface area contributed by atoms with Crippen LogP contribution in [0.1, 0.15) is 24.4 Å². The number of carbonyl (C=O) groups excluding carboxylic acids is 1. The van der Waals surface area contributed by atoms with Crippen LogP contribution in [0.3, 0.4) is 0 Å². The first-order chi connectivity index (χ1) is 14.3. The maximum Gasteiger partial charge on any atom is 0.233 e. The van der Waals surface area contributed by atoms with E-state index in [4.69, 9.17) is 4.74 Å². The molecule has 6 nitrogen and oxygen atoms in total. The SMILES string of the molecule is COCCN(Cc1ccccc1)C(=O)CSc1nnc(-c2cccs2)n1C1CC1. The molecular formula is C21H24N4O2S2. The molecule has 1 aliphatic carbocycles. The first kappa shape index (κ1) is 20.1. The highest BCUT2D eigenvalue weighted by molar-refractivity contribution is 7.99. The van der Waals surface area contributed by atoms with E-state index in [2.05, 4.69) is 26.2 Å². The number of thiophene rings is 1. The van der Waals surface area contributed by atoms with E-state index in [0.29, 0.717) is 31.5 Å². The van der Waals surface area contributed by atoms with Gasteiger partial charge in [0.25, 0.3) is 0 Å². The summed E-state index contributed by atoms with van der Waals surface area (Å²) in [4.78, 5) is 15.9. The predicted octanol–water partition coefficient (Wildman–Crippen LogP) is 4.11. The van der Waals surface area contributed by atoms with Crippen LogP contribution in [0.2, 0.25) is 0 Å². The first-order valence-corrected chi connectivity index (χ1v) is 11.5. The van der Waals surface area contributed by atoms with E-state index in [1.165, 1.54) is 11.8 Å². The number of hydrogen-bond donors (Lipinski definition) is 0. The van der Waals surface area contributed by atoms with Gasteiger partial charge < -0.3 is 9.64 Å². The van der Waals surface area contributed by atoms with Gasteiger partial charge in [-0.25, -0.2) is 0 Å². The Morgan fingerprint density at radius 3 is 2.76 bits per heavy atom. The van der Waals surface area contributed by atoms with Gasteiger partial charge in [-0.05, 0) is 29.9 Å². The number of aromatic nitrogens is 3. The molecule has 0 N–H and O–H groups in total. The van der Waals surface area contributed by atoms with Crippen molar-refractivity contribution in [2.45, 2.75) is 30.6 Å². The van der Waals surface area contributed by atoms with Crippen LogP contribution in [-0.4, -0.2) is 51.6 Å². The van der Waals surface area contributed by atoms with Crippen LogP contribution >= 0.6 is 23.1 Å². The minimum atomic E-state index is 0.0823. The molecule has 1 saturated carbocycles. The van der Waals surface area contributed by atoms with E-state index < -0.39 is 0 Å². The molecule has 1 aliphatic rings. The highest BCUT2D eigenvalue weighted by Gasteiger charge is 2.30. The molecule has 3 aromatic rings. The lowest BCUT2D eigenvalue weighted by atomic mass is 10.2. The van der Waals surface area contributed by atoms with Crippen molar-refractivity contribution in [2.75, 3.05) is 26.0 Å². The second kappa shape index (κ2) is 9.56. The normalized spacial score (nSPS) is 13.6. The molecule has 0 bridgehead atoms. The van der Waals surface area contributed by atoms with Gasteiger partial charge in [-0.15, -0.1) is 21.5 Å². The number of benzene rings is 1. The zero-order valence-electron chi connectivity index (χ0n) is 16.4. The van der Waals surface area contributed by atoms with Gasteiger partial charge in [0.1, 0.15) is 0 Å². The molecule has 29 heavy (non-hydrogen) atoms. The Bertz CT molecular complexity index is 924. The highest BCUT2D eigenvalue weighted by atomic mass is 32.2. The second-order valence-corrected chi connectivity index (χ2v) is 8.86. The Morgan fingerprint density at radius 2 is 2.07 bits per heavy atom. The summed E-state index contributed by atoms with van der Waals surface area (Å²) in [5.74, 6) is 1.34. The fourth-order valence-electron chi connectivity index (χ4n) is 3.13. The minimum absolute atomic E-state index is 0.0823. The molecule has 4 rings (SSSR count). The third-order valence-electron chi connectivity index (χ3n) is 4.78. The summed E-state index contributed by atoms with van der Waals surface area (Å²) in [6.45, 7) is 1.67. The van der Waals surface area contributed by atoms with E-state index in [0.717, 1.165) is 34.3 Å². The van der Waals surface area contributed by atoms with Crippen molar-refractivity contribution in [2.24, 2.45) is 0 Å². The van der Waals surface area contributed by atoms with Crippen molar-refractivity contribution in [1.29, 1.82) is 0 Å². The average molecular weight is 429 g/mol. The Labute approximate surface area is 178 Å². The van der Waals surface area contributed by atoms with Crippen molar-refractivity contribution >= 4 is 29.0 Å². The number of thioether (sulfide) groups is 1. The molecule has 152 valence electrons. The topological polar surface area (TPSA) is 60.2 Å². The van der Waals surface area contributed by atoms with Crippen molar-refractivity contribution in [1.82, 2.24) is 19.7 Å². The van der Waals surface area contributed by atoms with Gasteiger partial charge in [0.15, 0.2) is 11.0 Å². The second-order valence-electron chi connectivity index (χ2n) is 6.97. The molecule has 0 aliphatic heterocycles. The van der Waals surface area contributed by atoms with E-state index >= 15 is 0 Å². The molecule has 0 spiro atoms. The number of hydrogen-bond acceptors (Lipinski definition) is 6. The fourth-order valence-corrected chi connectivity index (χ4v) is 4.74. The molecule has 0 saturated heterocycles. The third kappa shape index (κ3) is 5.07. The first-order valence-electron chi connectivity index (χ1n) is 9.68. The maximum atomic E-state index is 13.0. The maximum absolute atomic E-state index is 13.0. The Hall–Kier alpha value is -2.16. The monoisotopic (exact) mass is 428 g/mol. The lowest BCUT2D eigenvalue weighted by Gasteiger charge is -2.22. The van der Waals surface area contributed by atoms with Crippen LogP contribution < -0.4 is 0 Å².